The molecule has 1 aromatic heterocycles. The molecule has 0 aliphatic rings. The fraction of sp³-hybridized carbons (Fsp3) is 0.474. The molecule has 1 heterocycles. The molecule has 0 amide bonds. The predicted molar refractivity (Wildman–Crippen MR) is 106 cm³/mol. The van der Waals surface area contributed by atoms with Gasteiger partial charge in [0.15, 0.2) is 11.7 Å². The molecule has 0 fully saturated rings. The van der Waals surface area contributed by atoms with Crippen molar-refractivity contribution in [2.75, 3.05) is 13.6 Å². The van der Waals surface area contributed by atoms with E-state index in [2.05, 4.69) is 82.6 Å². The van der Waals surface area contributed by atoms with E-state index >= 15 is 0 Å². The first-order valence-electron chi connectivity index (χ1n) is 8.48. The van der Waals surface area contributed by atoms with Crippen molar-refractivity contribution in [3.05, 3.63) is 51.8 Å². The van der Waals surface area contributed by atoms with Gasteiger partial charge in [-0.1, -0.05) is 67.0 Å². The third-order valence-electron chi connectivity index (χ3n) is 4.12. The van der Waals surface area contributed by atoms with Crippen molar-refractivity contribution in [2.45, 2.75) is 45.6 Å². The van der Waals surface area contributed by atoms with Crippen LogP contribution in [0.2, 0.25) is 0 Å². The minimum Gasteiger partial charge on any atom is -0.359 e. The fourth-order valence-electron chi connectivity index (χ4n) is 2.49. The Hall–Kier alpha value is -1.82. The number of rotatable bonds is 6. The number of aliphatic imine (C=N–C) groups is 1. The van der Waals surface area contributed by atoms with E-state index in [1.807, 2.05) is 12.1 Å². The zero-order valence-corrected chi connectivity index (χ0v) is 17.1. The maximum Gasteiger partial charge on any atom is 0.191 e. The van der Waals surface area contributed by atoms with Crippen LogP contribution in [0.4, 0.5) is 0 Å². The zero-order chi connectivity index (χ0) is 18.4. The highest BCUT2D eigenvalue weighted by atomic mass is 79.9. The van der Waals surface area contributed by atoms with E-state index in [1.165, 1.54) is 5.56 Å². The maximum atomic E-state index is 5.35. The molecule has 0 saturated heterocycles. The summed E-state index contributed by atoms with van der Waals surface area (Å²) in [6.07, 6.45) is 0. The van der Waals surface area contributed by atoms with Crippen LogP contribution in [-0.4, -0.2) is 24.7 Å². The number of nitrogens with zero attached hydrogens (tertiary/aromatic N) is 2. The SMILES string of the molecule is CN=C(NCc1cc(C(C)C)no1)NCC(C)(C)c1ccccc1Br. The van der Waals surface area contributed by atoms with Crippen LogP contribution in [0, 0.1) is 0 Å². The largest absolute Gasteiger partial charge is 0.359 e. The van der Waals surface area contributed by atoms with Crippen LogP contribution >= 0.6 is 15.9 Å². The van der Waals surface area contributed by atoms with Crippen molar-refractivity contribution in [1.82, 2.24) is 15.8 Å². The van der Waals surface area contributed by atoms with Gasteiger partial charge < -0.3 is 15.2 Å². The molecule has 25 heavy (non-hydrogen) atoms. The smallest absolute Gasteiger partial charge is 0.191 e. The molecule has 2 N–H and O–H groups in total. The van der Waals surface area contributed by atoms with Crippen molar-refractivity contribution < 1.29 is 4.52 Å². The van der Waals surface area contributed by atoms with Crippen LogP contribution in [0.15, 0.2) is 44.3 Å². The molecule has 5 nitrogen and oxygen atoms in total. The van der Waals surface area contributed by atoms with Gasteiger partial charge in [-0.2, -0.15) is 0 Å². The molecule has 0 atom stereocenters. The first-order valence-corrected chi connectivity index (χ1v) is 9.28. The Balaban J connectivity index is 1.92. The summed E-state index contributed by atoms with van der Waals surface area (Å²) in [6, 6.07) is 10.3. The molecule has 0 unspecified atom stereocenters. The summed E-state index contributed by atoms with van der Waals surface area (Å²) >= 11 is 3.64. The summed E-state index contributed by atoms with van der Waals surface area (Å²) in [5.74, 6) is 1.90. The molecule has 0 radical (unpaired) electrons. The lowest BCUT2D eigenvalue weighted by Gasteiger charge is -2.27. The van der Waals surface area contributed by atoms with Gasteiger partial charge in [0, 0.05) is 29.5 Å². The fourth-order valence-corrected chi connectivity index (χ4v) is 3.31. The summed E-state index contributed by atoms with van der Waals surface area (Å²) < 4.78 is 6.47. The molecule has 6 heteroatoms. The quantitative estimate of drug-likeness (QED) is 0.557. The van der Waals surface area contributed by atoms with E-state index in [9.17, 15) is 0 Å². The van der Waals surface area contributed by atoms with Crippen molar-refractivity contribution in [1.29, 1.82) is 0 Å². The van der Waals surface area contributed by atoms with Crippen LogP contribution in [0.25, 0.3) is 0 Å². The lowest BCUT2D eigenvalue weighted by atomic mass is 9.84. The topological polar surface area (TPSA) is 62.5 Å². The predicted octanol–water partition coefficient (Wildman–Crippen LogP) is 4.20. The lowest BCUT2D eigenvalue weighted by Crippen LogP contribution is -2.43. The third-order valence-corrected chi connectivity index (χ3v) is 4.81. The molecular formula is C19H27BrN4O. The average Bonchev–Trinajstić information content (AvgIpc) is 3.04. The number of guanidine groups is 1. The minimum atomic E-state index is -0.0469. The molecule has 0 saturated carbocycles. The van der Waals surface area contributed by atoms with Gasteiger partial charge in [0.2, 0.25) is 0 Å². The molecule has 1 aromatic carbocycles. The summed E-state index contributed by atoms with van der Waals surface area (Å²) in [7, 11) is 1.76. The van der Waals surface area contributed by atoms with E-state index in [4.69, 9.17) is 4.52 Å². The Kier molecular flexibility index (Phi) is 6.64. The van der Waals surface area contributed by atoms with E-state index in [0.29, 0.717) is 12.5 Å². The van der Waals surface area contributed by atoms with Gasteiger partial charge in [-0.05, 0) is 17.5 Å². The van der Waals surface area contributed by atoms with Crippen molar-refractivity contribution >= 4 is 21.9 Å². The van der Waals surface area contributed by atoms with Gasteiger partial charge >= 0.3 is 0 Å². The molecule has 2 aromatic rings. The Morgan fingerprint density at radius 3 is 2.60 bits per heavy atom. The molecular weight excluding hydrogens is 380 g/mol. The highest BCUT2D eigenvalue weighted by molar-refractivity contribution is 9.10. The number of halogens is 1. The van der Waals surface area contributed by atoms with Gasteiger partial charge in [-0.25, -0.2) is 0 Å². The Morgan fingerprint density at radius 2 is 2.00 bits per heavy atom. The first kappa shape index (κ1) is 19.5. The van der Waals surface area contributed by atoms with Crippen molar-refractivity contribution in [2.24, 2.45) is 4.99 Å². The second kappa shape index (κ2) is 8.52. The first-order chi connectivity index (χ1) is 11.8. The Labute approximate surface area is 158 Å². The molecule has 0 aliphatic heterocycles. The molecule has 0 bridgehead atoms. The number of benzene rings is 1. The van der Waals surface area contributed by atoms with E-state index in [-0.39, 0.29) is 5.41 Å². The van der Waals surface area contributed by atoms with Crippen LogP contribution in [0.5, 0.6) is 0 Å². The number of hydrogen-bond donors (Lipinski definition) is 2. The summed E-state index contributed by atoms with van der Waals surface area (Å²) in [5.41, 5.74) is 2.18. The summed E-state index contributed by atoms with van der Waals surface area (Å²) in [6.45, 7) is 9.91. The lowest BCUT2D eigenvalue weighted by molar-refractivity contribution is 0.371. The molecule has 136 valence electrons. The van der Waals surface area contributed by atoms with Gasteiger partial charge in [0.1, 0.15) is 0 Å². The normalized spacial score (nSPS) is 12.5. The van der Waals surface area contributed by atoms with Gasteiger partial charge in [-0.3, -0.25) is 4.99 Å². The van der Waals surface area contributed by atoms with Crippen molar-refractivity contribution in [3.63, 3.8) is 0 Å². The maximum absolute atomic E-state index is 5.35. The second-order valence-electron chi connectivity index (χ2n) is 7.02. The van der Waals surface area contributed by atoms with Crippen LogP contribution in [0.1, 0.15) is 50.6 Å². The van der Waals surface area contributed by atoms with Crippen LogP contribution < -0.4 is 10.6 Å². The minimum absolute atomic E-state index is 0.0469. The molecule has 0 aliphatic carbocycles. The number of aromatic nitrogens is 1. The average molecular weight is 407 g/mol. The van der Waals surface area contributed by atoms with Gasteiger partial charge in [0.25, 0.3) is 0 Å². The highest BCUT2D eigenvalue weighted by Gasteiger charge is 2.23. The monoisotopic (exact) mass is 406 g/mol. The Bertz CT molecular complexity index is 722. The van der Waals surface area contributed by atoms with Crippen molar-refractivity contribution in [3.8, 4) is 0 Å². The standard InChI is InChI=1S/C19H27BrN4O/c1-13(2)17-10-14(25-24-17)11-22-18(21-5)23-12-19(3,4)15-8-6-7-9-16(15)20/h6-10,13H,11-12H2,1-5H3,(H2,21,22,23). The number of nitrogens with one attached hydrogen (secondary N) is 2. The van der Waals surface area contributed by atoms with E-state index < -0.39 is 0 Å². The Morgan fingerprint density at radius 1 is 1.28 bits per heavy atom. The zero-order valence-electron chi connectivity index (χ0n) is 15.6. The second-order valence-corrected chi connectivity index (χ2v) is 7.87. The third kappa shape index (κ3) is 5.33. The van der Waals surface area contributed by atoms with Crippen LogP contribution in [-0.2, 0) is 12.0 Å². The van der Waals surface area contributed by atoms with E-state index in [1.54, 1.807) is 7.05 Å². The van der Waals surface area contributed by atoms with Gasteiger partial charge in [0.05, 0.1) is 12.2 Å². The van der Waals surface area contributed by atoms with Gasteiger partial charge in [-0.15, -0.1) is 0 Å². The highest BCUT2D eigenvalue weighted by Crippen LogP contribution is 2.29. The van der Waals surface area contributed by atoms with E-state index in [0.717, 1.165) is 28.4 Å². The molecule has 0 spiro atoms. The summed E-state index contributed by atoms with van der Waals surface area (Å²) in [5, 5.41) is 10.7. The number of hydrogen-bond acceptors (Lipinski definition) is 3. The summed E-state index contributed by atoms with van der Waals surface area (Å²) in [4.78, 5) is 4.28. The molecule has 2 rings (SSSR count). The van der Waals surface area contributed by atoms with Crippen LogP contribution in [0.3, 0.4) is 0 Å².